The first-order valence-corrected chi connectivity index (χ1v) is 22.8. The third-order valence-corrected chi connectivity index (χ3v) is 11.6. The van der Waals surface area contributed by atoms with Gasteiger partial charge in [0.05, 0.1) is 6.54 Å². The molecule has 4 aromatic carbocycles. The number of benzene rings is 4. The highest BCUT2D eigenvalue weighted by molar-refractivity contribution is 5.97. The van der Waals surface area contributed by atoms with Crippen LogP contribution in [-0.4, -0.2) is 119 Å². The number of aromatic hydroxyl groups is 2. The number of carbonyl (C=O) groups is 9. The highest BCUT2D eigenvalue weighted by atomic mass is 16.5. The normalized spacial score (nSPS) is 14.4. The molecule has 0 aliphatic heterocycles. The summed E-state index contributed by atoms with van der Waals surface area (Å²) in [5, 5.41) is 39.0. The summed E-state index contributed by atoms with van der Waals surface area (Å²) in [6.45, 7) is 6.24. The molecule has 0 bridgehead atoms. The molecule has 7 atom stereocenters. The molecule has 21 heteroatoms. The molecule has 0 radical (unpaired) electrons. The van der Waals surface area contributed by atoms with E-state index in [1.54, 1.807) is 12.1 Å². The van der Waals surface area contributed by atoms with Crippen LogP contribution in [0.25, 0.3) is 11.1 Å². The number of alkyl carbamates (subject to hydrolysis) is 1. The van der Waals surface area contributed by atoms with Gasteiger partial charge in [-0.3, -0.25) is 38.4 Å². The van der Waals surface area contributed by atoms with Crippen LogP contribution in [0.1, 0.15) is 62.8 Å². The predicted octanol–water partition coefficient (Wildman–Crippen LogP) is 0.400. The zero-order chi connectivity index (χ0) is 51.9. The van der Waals surface area contributed by atoms with Gasteiger partial charge in [0.2, 0.25) is 47.3 Å². The minimum Gasteiger partial charge on any atom is -0.508 e. The number of phenols is 2. The molecular weight excluding hydrogens is 919 g/mol. The molecule has 376 valence electrons. The second kappa shape index (κ2) is 24.7. The molecule has 1 aliphatic rings. The van der Waals surface area contributed by atoms with Crippen LogP contribution in [-0.2, 0) is 55.9 Å². The molecule has 0 saturated heterocycles. The molecule has 1 aliphatic carbocycles. The zero-order valence-corrected chi connectivity index (χ0v) is 39.7. The van der Waals surface area contributed by atoms with E-state index in [0.717, 1.165) is 22.3 Å². The van der Waals surface area contributed by atoms with Crippen LogP contribution in [0, 0.1) is 0 Å². The lowest BCUT2D eigenvalue weighted by molar-refractivity contribution is -0.134. The lowest BCUT2D eigenvalue weighted by Gasteiger charge is -2.24. The van der Waals surface area contributed by atoms with Crippen LogP contribution in [0.3, 0.4) is 0 Å². The Labute approximate surface area is 409 Å². The van der Waals surface area contributed by atoms with Crippen molar-refractivity contribution in [3.8, 4) is 22.6 Å². The number of amides is 9. The molecule has 0 fully saturated rings. The maximum absolute atomic E-state index is 13.7. The number of nitrogens with one attached hydrogen (secondary N) is 8. The van der Waals surface area contributed by atoms with Crippen molar-refractivity contribution in [2.45, 2.75) is 95.7 Å². The summed E-state index contributed by atoms with van der Waals surface area (Å²) in [7, 11) is 0. The van der Waals surface area contributed by atoms with Gasteiger partial charge in [-0.2, -0.15) is 0 Å². The molecule has 0 unspecified atom stereocenters. The fourth-order valence-electron chi connectivity index (χ4n) is 7.50. The lowest BCUT2D eigenvalue weighted by Crippen LogP contribution is -2.58. The van der Waals surface area contributed by atoms with Crippen molar-refractivity contribution in [2.24, 2.45) is 5.73 Å². The fourth-order valence-corrected chi connectivity index (χ4v) is 7.50. The first kappa shape index (κ1) is 53.5. The average Bonchev–Trinajstić information content (AvgIpc) is 3.66. The first-order valence-electron chi connectivity index (χ1n) is 22.8. The molecule has 21 nitrogen and oxygen atoms in total. The van der Waals surface area contributed by atoms with Gasteiger partial charge in [0.15, 0.2) is 0 Å². The monoisotopic (exact) mass is 977 g/mol. The van der Waals surface area contributed by atoms with Crippen molar-refractivity contribution in [1.82, 2.24) is 42.5 Å². The summed E-state index contributed by atoms with van der Waals surface area (Å²) < 4.78 is 5.53. The Morgan fingerprint density at radius 2 is 0.887 bits per heavy atom. The Kier molecular flexibility index (Phi) is 18.6. The fraction of sp³-hybridized carbons (Fsp3) is 0.340. The summed E-state index contributed by atoms with van der Waals surface area (Å²) in [5.74, 6) is -6.50. The summed E-state index contributed by atoms with van der Waals surface area (Å²) in [4.78, 5) is 117. The predicted molar refractivity (Wildman–Crippen MR) is 258 cm³/mol. The van der Waals surface area contributed by atoms with Crippen molar-refractivity contribution in [3.63, 3.8) is 0 Å². The van der Waals surface area contributed by atoms with Gasteiger partial charge in [-0.1, -0.05) is 72.8 Å². The third-order valence-electron chi connectivity index (χ3n) is 11.6. The summed E-state index contributed by atoms with van der Waals surface area (Å²) in [6, 6.07) is 18.9. The summed E-state index contributed by atoms with van der Waals surface area (Å²) in [6.07, 6.45) is -0.937. The van der Waals surface area contributed by atoms with E-state index in [9.17, 15) is 53.4 Å². The molecule has 0 aromatic heterocycles. The largest absolute Gasteiger partial charge is 0.508 e. The van der Waals surface area contributed by atoms with E-state index in [1.807, 2.05) is 48.5 Å². The van der Waals surface area contributed by atoms with Crippen LogP contribution in [0.15, 0.2) is 97.1 Å². The number of rotatable bonds is 22. The Bertz CT molecular complexity index is 2560. The smallest absolute Gasteiger partial charge is 0.407 e. The Morgan fingerprint density at radius 3 is 1.35 bits per heavy atom. The molecular formula is C50H59N9O12. The topological polar surface area (TPSA) is 326 Å². The molecule has 0 heterocycles. The molecule has 0 spiro atoms. The molecule has 9 amide bonds. The number of carbonyl (C=O) groups excluding carboxylic acids is 9. The number of phenolic OH excluding ortho intramolecular Hbond substituents is 2. The van der Waals surface area contributed by atoms with Gasteiger partial charge >= 0.3 is 6.09 Å². The molecule has 0 saturated carbocycles. The zero-order valence-electron chi connectivity index (χ0n) is 39.7. The van der Waals surface area contributed by atoms with Gasteiger partial charge in [-0.25, -0.2) is 4.79 Å². The SMILES string of the molecule is C[C@H](NC(=O)OCC1c2ccccc2-c2ccccc21)C(=O)N[C@@H](C)C(=O)N[C@@H](C)C(=O)N[C@@H](Cc1ccc(O)cc1)C(=O)N[C@@H](C)C(=O)N[C@@H](C)C(=O)NCC(=O)N[C@@H](Cc1ccc(O)cc1)C(N)=O. The van der Waals surface area contributed by atoms with Crippen molar-refractivity contribution in [3.05, 3.63) is 119 Å². The van der Waals surface area contributed by atoms with E-state index in [4.69, 9.17) is 10.5 Å². The lowest BCUT2D eigenvalue weighted by atomic mass is 9.98. The van der Waals surface area contributed by atoms with Crippen molar-refractivity contribution in [1.29, 1.82) is 0 Å². The molecule has 71 heavy (non-hydrogen) atoms. The number of ether oxygens (including phenoxy) is 1. The van der Waals surface area contributed by atoms with E-state index in [0.29, 0.717) is 11.1 Å². The Morgan fingerprint density at radius 1 is 0.493 bits per heavy atom. The summed E-state index contributed by atoms with van der Waals surface area (Å²) in [5.41, 5.74) is 10.7. The summed E-state index contributed by atoms with van der Waals surface area (Å²) >= 11 is 0. The van der Waals surface area contributed by atoms with Gasteiger partial charge in [-0.05, 0) is 92.3 Å². The second-order valence-corrected chi connectivity index (χ2v) is 17.2. The van der Waals surface area contributed by atoms with Gasteiger partial charge in [0.1, 0.15) is 60.4 Å². The third kappa shape index (κ3) is 15.3. The average molecular weight is 978 g/mol. The minimum atomic E-state index is -1.33. The highest BCUT2D eigenvalue weighted by Gasteiger charge is 2.32. The van der Waals surface area contributed by atoms with E-state index in [1.165, 1.54) is 71.0 Å². The van der Waals surface area contributed by atoms with E-state index < -0.39 is 102 Å². The van der Waals surface area contributed by atoms with Crippen LogP contribution in [0.4, 0.5) is 4.79 Å². The Balaban J connectivity index is 1.08. The quantitative estimate of drug-likeness (QED) is 0.0510. The Hall–Kier alpha value is -8.49. The van der Waals surface area contributed by atoms with Crippen LogP contribution in [0.2, 0.25) is 0 Å². The molecule has 5 rings (SSSR count). The van der Waals surface area contributed by atoms with Crippen molar-refractivity contribution in [2.75, 3.05) is 13.2 Å². The number of hydrogen-bond donors (Lipinski definition) is 11. The number of primary amides is 1. The number of nitrogens with two attached hydrogens (primary N) is 1. The van der Waals surface area contributed by atoms with Gasteiger partial charge in [0, 0.05) is 18.8 Å². The second-order valence-electron chi connectivity index (χ2n) is 17.2. The first-order chi connectivity index (χ1) is 33.7. The van der Waals surface area contributed by atoms with Gasteiger partial charge < -0.3 is 63.2 Å². The minimum absolute atomic E-state index is 0.0112. The maximum atomic E-state index is 13.7. The van der Waals surface area contributed by atoms with Crippen LogP contribution >= 0.6 is 0 Å². The number of hydrogen-bond acceptors (Lipinski definition) is 12. The maximum Gasteiger partial charge on any atom is 0.407 e. The highest BCUT2D eigenvalue weighted by Crippen LogP contribution is 2.44. The van der Waals surface area contributed by atoms with Crippen molar-refractivity contribution < 1.29 is 58.1 Å². The molecule has 4 aromatic rings. The van der Waals surface area contributed by atoms with Crippen LogP contribution < -0.4 is 48.3 Å². The van der Waals surface area contributed by atoms with Gasteiger partial charge in [-0.15, -0.1) is 0 Å². The molecule has 12 N–H and O–H groups in total. The van der Waals surface area contributed by atoms with E-state index in [-0.39, 0.29) is 36.9 Å². The van der Waals surface area contributed by atoms with Gasteiger partial charge in [0.25, 0.3) is 0 Å². The standard InChI is InChI=1S/C50H59N9O12/c1-26(44(64)52-24-42(62)58-40(43(51)63)22-31-14-18-33(60)19-15-31)53-46(66)28(3)56-49(69)41(23-32-16-20-34(61)21-17-32)59-48(68)29(4)55-45(65)27(2)54-47(67)30(5)57-50(70)71-25-39-37-12-8-6-10-35(37)36-11-7-9-13-38(36)39/h6-21,26-30,39-41,60-61H,22-25H2,1-5H3,(H2,51,63)(H,52,64)(H,53,66)(H,54,67)(H,55,65)(H,56,69)(H,57,70)(H,58,62)(H,59,68)/t26-,27-,28-,29-,30-,40-,41-/m0/s1. The van der Waals surface area contributed by atoms with Crippen LogP contribution in [0.5, 0.6) is 11.5 Å². The van der Waals surface area contributed by atoms with Crippen molar-refractivity contribution >= 4 is 53.4 Å². The van der Waals surface area contributed by atoms with E-state index in [2.05, 4.69) is 42.5 Å². The van der Waals surface area contributed by atoms with E-state index >= 15 is 0 Å². The number of fused-ring (bicyclic) bond motifs is 3.